The van der Waals surface area contributed by atoms with E-state index in [1.807, 2.05) is 0 Å². The van der Waals surface area contributed by atoms with Gasteiger partial charge in [0.2, 0.25) is 5.91 Å². The molecule has 2 heterocycles. The van der Waals surface area contributed by atoms with Crippen molar-refractivity contribution in [2.24, 2.45) is 0 Å². The minimum Gasteiger partial charge on any atom is -0.349 e. The number of nitrogens with zero attached hydrogens (tertiary/aromatic N) is 1. The van der Waals surface area contributed by atoms with Crippen molar-refractivity contribution in [1.82, 2.24) is 15.5 Å². The van der Waals surface area contributed by atoms with Crippen molar-refractivity contribution >= 4 is 5.91 Å². The first kappa shape index (κ1) is 10.9. The van der Waals surface area contributed by atoms with E-state index in [-0.39, 0.29) is 17.5 Å². The molecule has 2 aliphatic heterocycles. The number of hydrogen-bond donors (Lipinski definition) is 2. The topological polar surface area (TPSA) is 44.4 Å². The highest BCUT2D eigenvalue weighted by Gasteiger charge is 2.33. The number of carbonyl (C=O) groups is 1. The Kier molecular flexibility index (Phi) is 2.98. The minimum absolute atomic E-state index is 0.0147. The summed E-state index contributed by atoms with van der Waals surface area (Å²) >= 11 is 0. The van der Waals surface area contributed by atoms with E-state index in [0.29, 0.717) is 0 Å². The lowest BCUT2D eigenvalue weighted by Gasteiger charge is -2.40. The van der Waals surface area contributed by atoms with Crippen LogP contribution in [0.2, 0.25) is 0 Å². The maximum Gasteiger partial charge on any atom is 0.237 e. The molecule has 2 N–H and O–H groups in total. The van der Waals surface area contributed by atoms with Gasteiger partial charge in [0.15, 0.2) is 0 Å². The summed E-state index contributed by atoms with van der Waals surface area (Å²) in [4.78, 5) is 14.1. The highest BCUT2D eigenvalue weighted by molar-refractivity contribution is 5.83. The molecule has 0 radical (unpaired) electrons. The van der Waals surface area contributed by atoms with Crippen LogP contribution in [0.1, 0.15) is 26.2 Å². The Labute approximate surface area is 91.4 Å². The van der Waals surface area contributed by atoms with Crippen LogP contribution in [-0.4, -0.2) is 49.1 Å². The number of nitrogens with one attached hydrogen (secondary N) is 2. The van der Waals surface area contributed by atoms with Gasteiger partial charge in [-0.05, 0) is 39.8 Å². The van der Waals surface area contributed by atoms with E-state index in [2.05, 4.69) is 29.5 Å². The highest BCUT2D eigenvalue weighted by atomic mass is 16.2. The van der Waals surface area contributed by atoms with Gasteiger partial charge in [-0.3, -0.25) is 4.79 Å². The molecule has 86 valence electrons. The summed E-state index contributed by atoms with van der Waals surface area (Å²) in [7, 11) is 2.13. The van der Waals surface area contributed by atoms with E-state index in [0.717, 1.165) is 38.9 Å². The molecular weight excluding hydrogens is 190 g/mol. The standard InChI is InChI=1S/C11H21N3O/c1-11(4-7-14(2)8-5-11)13-10(15)9-3-6-12-9/h9,12H,3-8H2,1-2H3,(H,13,15). The van der Waals surface area contributed by atoms with E-state index in [4.69, 9.17) is 0 Å². The summed E-state index contributed by atoms with van der Waals surface area (Å²) in [5.74, 6) is 0.188. The second-order valence-electron chi connectivity index (χ2n) is 5.15. The van der Waals surface area contributed by atoms with Crippen LogP contribution in [0.3, 0.4) is 0 Å². The minimum atomic E-state index is 0.0147. The zero-order valence-corrected chi connectivity index (χ0v) is 9.68. The third-order valence-electron chi connectivity index (χ3n) is 3.66. The van der Waals surface area contributed by atoms with Gasteiger partial charge in [-0.25, -0.2) is 0 Å². The highest BCUT2D eigenvalue weighted by Crippen LogP contribution is 2.21. The van der Waals surface area contributed by atoms with Gasteiger partial charge in [-0.1, -0.05) is 0 Å². The van der Waals surface area contributed by atoms with Crippen LogP contribution < -0.4 is 10.6 Å². The Balaban J connectivity index is 1.84. The fourth-order valence-corrected chi connectivity index (χ4v) is 2.13. The molecule has 0 bridgehead atoms. The van der Waals surface area contributed by atoms with E-state index >= 15 is 0 Å². The summed E-state index contributed by atoms with van der Waals surface area (Å²) in [6.07, 6.45) is 3.10. The van der Waals surface area contributed by atoms with Gasteiger partial charge in [0.05, 0.1) is 6.04 Å². The molecule has 0 aromatic rings. The molecule has 1 unspecified atom stereocenters. The van der Waals surface area contributed by atoms with Crippen LogP contribution in [0.5, 0.6) is 0 Å². The average Bonchev–Trinajstić information content (AvgIpc) is 2.07. The second-order valence-corrected chi connectivity index (χ2v) is 5.15. The van der Waals surface area contributed by atoms with Crippen LogP contribution in [0, 0.1) is 0 Å². The third kappa shape index (κ3) is 2.49. The Bertz CT molecular complexity index is 242. The lowest BCUT2D eigenvalue weighted by molar-refractivity contribution is -0.127. The maximum atomic E-state index is 11.8. The smallest absolute Gasteiger partial charge is 0.237 e. The number of rotatable bonds is 2. The van der Waals surface area contributed by atoms with Crippen LogP contribution in [-0.2, 0) is 4.79 Å². The summed E-state index contributed by atoms with van der Waals surface area (Å²) in [6, 6.07) is 0.0708. The Morgan fingerprint density at radius 1 is 1.47 bits per heavy atom. The van der Waals surface area contributed by atoms with E-state index < -0.39 is 0 Å². The zero-order valence-electron chi connectivity index (χ0n) is 9.68. The van der Waals surface area contributed by atoms with Gasteiger partial charge in [0.1, 0.15) is 0 Å². The Morgan fingerprint density at radius 2 is 2.07 bits per heavy atom. The zero-order chi connectivity index (χ0) is 10.9. The normalized spacial score (nSPS) is 30.7. The monoisotopic (exact) mass is 211 g/mol. The maximum absolute atomic E-state index is 11.8. The first-order valence-corrected chi connectivity index (χ1v) is 5.83. The molecule has 4 heteroatoms. The summed E-state index contributed by atoms with van der Waals surface area (Å²) in [6.45, 7) is 5.30. The van der Waals surface area contributed by atoms with Crippen molar-refractivity contribution in [3.8, 4) is 0 Å². The lowest BCUT2D eigenvalue weighted by Crippen LogP contribution is -2.60. The SMILES string of the molecule is CN1CCC(C)(NC(=O)C2CCN2)CC1. The second kappa shape index (κ2) is 4.10. The van der Waals surface area contributed by atoms with Crippen LogP contribution >= 0.6 is 0 Å². The lowest BCUT2D eigenvalue weighted by atomic mass is 9.89. The molecule has 1 atom stereocenters. The van der Waals surface area contributed by atoms with E-state index in [9.17, 15) is 4.79 Å². The first-order valence-electron chi connectivity index (χ1n) is 5.83. The Hall–Kier alpha value is -0.610. The third-order valence-corrected chi connectivity index (χ3v) is 3.66. The molecule has 0 aliphatic carbocycles. The predicted octanol–water partition coefficient (Wildman–Crippen LogP) is -0.0512. The van der Waals surface area contributed by atoms with E-state index in [1.165, 1.54) is 0 Å². The quantitative estimate of drug-likeness (QED) is 0.673. The van der Waals surface area contributed by atoms with Crippen molar-refractivity contribution < 1.29 is 4.79 Å². The molecule has 1 amide bonds. The van der Waals surface area contributed by atoms with Gasteiger partial charge in [-0.2, -0.15) is 0 Å². The van der Waals surface area contributed by atoms with Gasteiger partial charge in [0, 0.05) is 18.6 Å². The number of hydrogen-bond acceptors (Lipinski definition) is 3. The summed E-state index contributed by atoms with van der Waals surface area (Å²) < 4.78 is 0. The molecule has 2 saturated heterocycles. The van der Waals surface area contributed by atoms with Gasteiger partial charge < -0.3 is 15.5 Å². The number of carbonyl (C=O) groups excluding carboxylic acids is 1. The Morgan fingerprint density at radius 3 is 2.53 bits per heavy atom. The molecule has 0 saturated carbocycles. The molecular formula is C11H21N3O. The number of piperidine rings is 1. The molecule has 2 fully saturated rings. The van der Waals surface area contributed by atoms with Gasteiger partial charge in [-0.15, -0.1) is 0 Å². The summed E-state index contributed by atoms with van der Waals surface area (Å²) in [5.41, 5.74) is 0.0147. The molecule has 2 aliphatic rings. The van der Waals surface area contributed by atoms with Crippen molar-refractivity contribution in [3.63, 3.8) is 0 Å². The van der Waals surface area contributed by atoms with Crippen molar-refractivity contribution in [1.29, 1.82) is 0 Å². The molecule has 15 heavy (non-hydrogen) atoms. The number of amides is 1. The van der Waals surface area contributed by atoms with Gasteiger partial charge in [0.25, 0.3) is 0 Å². The van der Waals surface area contributed by atoms with Crippen molar-refractivity contribution in [2.75, 3.05) is 26.7 Å². The van der Waals surface area contributed by atoms with Crippen LogP contribution in [0.25, 0.3) is 0 Å². The van der Waals surface area contributed by atoms with Gasteiger partial charge >= 0.3 is 0 Å². The molecule has 0 aromatic carbocycles. The van der Waals surface area contributed by atoms with Crippen LogP contribution in [0.4, 0.5) is 0 Å². The number of likely N-dealkylation sites (tertiary alicyclic amines) is 1. The first-order chi connectivity index (χ1) is 7.09. The molecule has 0 aromatic heterocycles. The largest absolute Gasteiger partial charge is 0.349 e. The molecule has 0 spiro atoms. The molecule has 2 rings (SSSR count). The van der Waals surface area contributed by atoms with Crippen molar-refractivity contribution in [2.45, 2.75) is 37.8 Å². The fourth-order valence-electron chi connectivity index (χ4n) is 2.13. The fraction of sp³-hybridized carbons (Fsp3) is 0.909. The van der Waals surface area contributed by atoms with Crippen molar-refractivity contribution in [3.05, 3.63) is 0 Å². The predicted molar refractivity (Wildman–Crippen MR) is 59.7 cm³/mol. The summed E-state index contributed by atoms with van der Waals surface area (Å²) in [5, 5.41) is 6.33. The van der Waals surface area contributed by atoms with Crippen LogP contribution in [0.15, 0.2) is 0 Å². The molecule has 4 nitrogen and oxygen atoms in total. The average molecular weight is 211 g/mol. The van der Waals surface area contributed by atoms with E-state index in [1.54, 1.807) is 0 Å².